The van der Waals surface area contributed by atoms with E-state index in [-0.39, 0.29) is 16.7 Å². The Morgan fingerprint density at radius 2 is 1.89 bits per heavy atom. The van der Waals surface area contributed by atoms with Gasteiger partial charge in [-0.25, -0.2) is 0 Å². The maximum Gasteiger partial charge on any atom is 0.0830 e. The minimum atomic E-state index is -0.171. The van der Waals surface area contributed by atoms with Crippen LogP contribution in [0.5, 0.6) is 0 Å². The first-order chi connectivity index (χ1) is 8.78. The molecule has 0 bridgehead atoms. The molecule has 0 aromatic heterocycles. The highest BCUT2D eigenvalue weighted by molar-refractivity contribution is 5.14. The van der Waals surface area contributed by atoms with Gasteiger partial charge in [-0.05, 0) is 59.9 Å². The molecule has 0 saturated carbocycles. The molecule has 2 N–H and O–H groups in total. The molecule has 2 aliphatic heterocycles. The lowest BCUT2D eigenvalue weighted by Crippen LogP contribution is -2.66. The Morgan fingerprint density at radius 1 is 1.21 bits per heavy atom. The van der Waals surface area contributed by atoms with Crippen molar-refractivity contribution in [2.75, 3.05) is 13.1 Å². The highest BCUT2D eigenvalue weighted by Crippen LogP contribution is 2.49. The van der Waals surface area contributed by atoms with E-state index in [2.05, 4.69) is 39.5 Å². The molecular weight excluding hydrogens is 236 g/mol. The zero-order chi connectivity index (χ0) is 14.3. The SMILES string of the molecule is CCC1CCCCN1C1(CN)CC(C)(C)OC1(C)C. The van der Waals surface area contributed by atoms with E-state index in [1.807, 2.05) is 0 Å². The van der Waals surface area contributed by atoms with E-state index in [1.54, 1.807) is 0 Å². The van der Waals surface area contributed by atoms with Crippen molar-refractivity contribution in [3.05, 3.63) is 0 Å². The van der Waals surface area contributed by atoms with E-state index in [9.17, 15) is 0 Å². The second-order valence-corrected chi connectivity index (χ2v) is 7.54. The monoisotopic (exact) mass is 268 g/mol. The van der Waals surface area contributed by atoms with Crippen LogP contribution in [0, 0.1) is 0 Å². The summed E-state index contributed by atoms with van der Waals surface area (Å²) in [5.41, 5.74) is 6.05. The molecule has 2 rings (SSSR count). The Hall–Kier alpha value is -0.120. The van der Waals surface area contributed by atoms with Crippen LogP contribution in [0.3, 0.4) is 0 Å². The average Bonchev–Trinajstić information content (AvgIpc) is 2.54. The van der Waals surface area contributed by atoms with Crippen LogP contribution in [-0.2, 0) is 4.74 Å². The van der Waals surface area contributed by atoms with Gasteiger partial charge in [0.25, 0.3) is 0 Å². The van der Waals surface area contributed by atoms with Gasteiger partial charge in [-0.3, -0.25) is 4.90 Å². The van der Waals surface area contributed by atoms with Crippen molar-refractivity contribution in [1.29, 1.82) is 0 Å². The summed E-state index contributed by atoms with van der Waals surface area (Å²) in [5, 5.41) is 0. The van der Waals surface area contributed by atoms with Crippen molar-refractivity contribution in [2.24, 2.45) is 5.73 Å². The molecule has 19 heavy (non-hydrogen) atoms. The van der Waals surface area contributed by atoms with E-state index in [0.29, 0.717) is 12.6 Å². The van der Waals surface area contributed by atoms with Gasteiger partial charge in [-0.2, -0.15) is 0 Å². The molecule has 3 heteroatoms. The Labute approximate surface area is 118 Å². The molecule has 0 aliphatic carbocycles. The Balaban J connectivity index is 2.36. The van der Waals surface area contributed by atoms with Gasteiger partial charge in [0, 0.05) is 12.6 Å². The zero-order valence-electron chi connectivity index (χ0n) is 13.5. The van der Waals surface area contributed by atoms with Crippen LogP contribution < -0.4 is 5.73 Å². The van der Waals surface area contributed by atoms with Crippen molar-refractivity contribution in [2.45, 2.75) is 89.5 Å². The first-order valence-electron chi connectivity index (χ1n) is 7.95. The lowest BCUT2D eigenvalue weighted by Gasteiger charge is -2.52. The number of ether oxygens (including phenoxy) is 1. The molecule has 3 nitrogen and oxygen atoms in total. The van der Waals surface area contributed by atoms with Gasteiger partial charge in [0.05, 0.1) is 16.7 Å². The topological polar surface area (TPSA) is 38.5 Å². The third kappa shape index (κ3) is 2.45. The number of hydrogen-bond donors (Lipinski definition) is 1. The van der Waals surface area contributed by atoms with Crippen LogP contribution in [0.1, 0.15) is 66.7 Å². The van der Waals surface area contributed by atoms with E-state index >= 15 is 0 Å². The summed E-state index contributed by atoms with van der Waals surface area (Å²) in [6.07, 6.45) is 6.24. The van der Waals surface area contributed by atoms with Gasteiger partial charge in [0.1, 0.15) is 0 Å². The second-order valence-electron chi connectivity index (χ2n) is 7.54. The summed E-state index contributed by atoms with van der Waals surface area (Å²) >= 11 is 0. The first kappa shape index (κ1) is 15.3. The van der Waals surface area contributed by atoms with Gasteiger partial charge in [0.15, 0.2) is 0 Å². The van der Waals surface area contributed by atoms with Crippen LogP contribution >= 0.6 is 0 Å². The van der Waals surface area contributed by atoms with Crippen molar-refractivity contribution in [1.82, 2.24) is 4.90 Å². The number of likely N-dealkylation sites (tertiary alicyclic amines) is 1. The summed E-state index contributed by atoms with van der Waals surface area (Å²) in [6.45, 7) is 13.1. The van der Waals surface area contributed by atoms with Crippen molar-refractivity contribution in [3.63, 3.8) is 0 Å². The summed E-state index contributed by atoms with van der Waals surface area (Å²) in [5.74, 6) is 0. The molecule has 2 fully saturated rings. The Kier molecular flexibility index (Phi) is 4.03. The maximum absolute atomic E-state index is 6.37. The highest BCUT2D eigenvalue weighted by Gasteiger charge is 2.60. The molecule has 0 aromatic carbocycles. The lowest BCUT2D eigenvalue weighted by atomic mass is 9.75. The molecule has 2 atom stereocenters. The molecule has 2 heterocycles. The fourth-order valence-corrected chi connectivity index (χ4v) is 4.61. The minimum Gasteiger partial charge on any atom is -0.368 e. The number of piperidine rings is 1. The van der Waals surface area contributed by atoms with Crippen molar-refractivity contribution >= 4 is 0 Å². The average molecular weight is 268 g/mol. The number of rotatable bonds is 3. The fourth-order valence-electron chi connectivity index (χ4n) is 4.61. The standard InChI is InChI=1S/C16H32N2O/c1-6-13-9-7-8-10-18(13)16(12-17)11-14(2,3)19-15(16,4)5/h13H,6-12,17H2,1-5H3. The largest absolute Gasteiger partial charge is 0.368 e. The Morgan fingerprint density at radius 3 is 2.37 bits per heavy atom. The molecule has 2 unspecified atom stereocenters. The van der Waals surface area contributed by atoms with E-state index < -0.39 is 0 Å². The predicted octanol–water partition coefficient (Wildman–Crippen LogP) is 2.93. The predicted molar refractivity (Wildman–Crippen MR) is 80.3 cm³/mol. The molecule has 0 radical (unpaired) electrons. The smallest absolute Gasteiger partial charge is 0.0830 e. The lowest BCUT2D eigenvalue weighted by molar-refractivity contribution is -0.116. The number of nitrogens with zero attached hydrogens (tertiary/aromatic N) is 1. The van der Waals surface area contributed by atoms with Gasteiger partial charge in [-0.1, -0.05) is 13.3 Å². The zero-order valence-corrected chi connectivity index (χ0v) is 13.5. The quantitative estimate of drug-likeness (QED) is 0.855. The number of hydrogen-bond acceptors (Lipinski definition) is 3. The summed E-state index contributed by atoms with van der Waals surface area (Å²) in [6, 6.07) is 0.675. The van der Waals surface area contributed by atoms with Crippen LogP contribution in [0.4, 0.5) is 0 Å². The third-order valence-electron chi connectivity index (χ3n) is 5.36. The number of nitrogens with two attached hydrogens (primary N) is 1. The molecule has 2 aliphatic rings. The molecule has 0 aromatic rings. The molecule has 0 spiro atoms. The van der Waals surface area contributed by atoms with E-state index in [0.717, 1.165) is 6.42 Å². The van der Waals surface area contributed by atoms with Crippen molar-refractivity contribution < 1.29 is 4.74 Å². The summed E-state index contributed by atoms with van der Waals surface area (Å²) < 4.78 is 6.37. The van der Waals surface area contributed by atoms with Gasteiger partial charge in [-0.15, -0.1) is 0 Å². The van der Waals surface area contributed by atoms with Crippen LogP contribution in [0.2, 0.25) is 0 Å². The Bertz CT molecular complexity index is 327. The summed E-state index contributed by atoms with van der Waals surface area (Å²) in [4.78, 5) is 2.70. The molecule has 0 amide bonds. The van der Waals surface area contributed by atoms with Gasteiger partial charge < -0.3 is 10.5 Å². The second kappa shape index (κ2) is 5.01. The molecular formula is C16H32N2O. The van der Waals surface area contributed by atoms with E-state index in [4.69, 9.17) is 10.5 Å². The summed E-state index contributed by atoms with van der Waals surface area (Å²) in [7, 11) is 0. The van der Waals surface area contributed by atoms with Gasteiger partial charge >= 0.3 is 0 Å². The highest BCUT2D eigenvalue weighted by atomic mass is 16.5. The minimum absolute atomic E-state index is 0.00238. The molecule has 2 saturated heterocycles. The van der Waals surface area contributed by atoms with Crippen LogP contribution in [0.25, 0.3) is 0 Å². The van der Waals surface area contributed by atoms with E-state index in [1.165, 1.54) is 32.2 Å². The van der Waals surface area contributed by atoms with Crippen LogP contribution in [-0.4, -0.2) is 40.8 Å². The van der Waals surface area contributed by atoms with Crippen molar-refractivity contribution in [3.8, 4) is 0 Å². The normalized spacial score (nSPS) is 38.5. The van der Waals surface area contributed by atoms with Gasteiger partial charge in [0.2, 0.25) is 0 Å². The maximum atomic E-state index is 6.37. The molecule has 112 valence electrons. The fraction of sp³-hybridized carbons (Fsp3) is 1.00. The first-order valence-corrected chi connectivity index (χ1v) is 7.95. The van der Waals surface area contributed by atoms with Crippen LogP contribution in [0.15, 0.2) is 0 Å². The third-order valence-corrected chi connectivity index (χ3v) is 5.36.